The third-order valence-corrected chi connectivity index (χ3v) is 6.14. The summed E-state index contributed by atoms with van der Waals surface area (Å²) in [6.07, 6.45) is 2.24. The Morgan fingerprint density at radius 3 is 2.11 bits per heavy atom. The SMILES string of the molecule is CCCC(C)NC(=O)C(c1ccccc1C)N(C(=O)C(CC(C)C)NC(=O)OC(C)(C)C)C(C)CC. The van der Waals surface area contributed by atoms with E-state index >= 15 is 0 Å². The second kappa shape index (κ2) is 14.2. The highest BCUT2D eigenvalue weighted by atomic mass is 16.6. The molecule has 3 amide bonds. The highest BCUT2D eigenvalue weighted by molar-refractivity contribution is 5.92. The second-order valence-electron chi connectivity index (χ2n) is 11.3. The van der Waals surface area contributed by atoms with Gasteiger partial charge in [0.25, 0.3) is 0 Å². The maximum Gasteiger partial charge on any atom is 0.408 e. The first-order valence-electron chi connectivity index (χ1n) is 13.4. The Bertz CT molecular complexity index is 862. The number of amides is 3. The van der Waals surface area contributed by atoms with Crippen LogP contribution < -0.4 is 10.6 Å². The van der Waals surface area contributed by atoms with Gasteiger partial charge in [-0.2, -0.15) is 0 Å². The predicted molar refractivity (Wildman–Crippen MR) is 146 cm³/mol. The van der Waals surface area contributed by atoms with Crippen molar-refractivity contribution in [3.63, 3.8) is 0 Å². The van der Waals surface area contributed by atoms with E-state index in [4.69, 9.17) is 4.74 Å². The second-order valence-corrected chi connectivity index (χ2v) is 11.3. The van der Waals surface area contributed by atoms with Crippen molar-refractivity contribution in [3.05, 3.63) is 35.4 Å². The van der Waals surface area contributed by atoms with Gasteiger partial charge >= 0.3 is 6.09 Å². The summed E-state index contributed by atoms with van der Waals surface area (Å²) in [5.74, 6) is -0.349. The molecule has 0 aromatic heterocycles. The van der Waals surface area contributed by atoms with E-state index in [1.165, 1.54) is 0 Å². The molecule has 36 heavy (non-hydrogen) atoms. The van der Waals surface area contributed by atoms with Gasteiger partial charge in [0.1, 0.15) is 17.7 Å². The van der Waals surface area contributed by atoms with Gasteiger partial charge in [-0.15, -0.1) is 0 Å². The van der Waals surface area contributed by atoms with Gasteiger partial charge in [-0.3, -0.25) is 9.59 Å². The molecular formula is C29H49N3O4. The molecule has 1 aromatic carbocycles. The molecule has 0 saturated heterocycles. The van der Waals surface area contributed by atoms with Gasteiger partial charge in [0.2, 0.25) is 11.8 Å². The lowest BCUT2D eigenvalue weighted by molar-refractivity contribution is -0.145. The summed E-state index contributed by atoms with van der Waals surface area (Å²) in [5.41, 5.74) is 1.03. The van der Waals surface area contributed by atoms with Crippen LogP contribution in [0, 0.1) is 12.8 Å². The number of benzene rings is 1. The van der Waals surface area contributed by atoms with Gasteiger partial charge in [-0.25, -0.2) is 4.79 Å². The van der Waals surface area contributed by atoms with Crippen LogP contribution >= 0.6 is 0 Å². The molecule has 0 aliphatic carbocycles. The third-order valence-electron chi connectivity index (χ3n) is 6.14. The van der Waals surface area contributed by atoms with E-state index in [9.17, 15) is 14.4 Å². The minimum atomic E-state index is -0.818. The summed E-state index contributed by atoms with van der Waals surface area (Å²) in [6.45, 7) is 19.3. The number of rotatable bonds is 12. The zero-order valence-corrected chi connectivity index (χ0v) is 24.1. The van der Waals surface area contributed by atoms with Crippen LogP contribution in [0.4, 0.5) is 4.79 Å². The van der Waals surface area contributed by atoms with Crippen molar-refractivity contribution in [1.29, 1.82) is 0 Å². The van der Waals surface area contributed by atoms with E-state index in [2.05, 4.69) is 17.6 Å². The highest BCUT2D eigenvalue weighted by Crippen LogP contribution is 2.29. The molecule has 7 nitrogen and oxygen atoms in total. The lowest BCUT2D eigenvalue weighted by Gasteiger charge is -2.39. The zero-order valence-electron chi connectivity index (χ0n) is 24.1. The standard InChI is InChI=1S/C29H49N3O4/c1-11-15-21(6)30-26(33)25(23-17-14-13-16-20(23)5)32(22(7)12-2)27(34)24(18-19(3)4)31-28(35)36-29(8,9)10/h13-14,16-17,19,21-22,24-25H,11-12,15,18H2,1-10H3,(H,30,33)(H,31,35). The maximum absolute atomic E-state index is 14.2. The summed E-state index contributed by atoms with van der Waals surface area (Å²) in [5, 5.41) is 5.93. The quantitative estimate of drug-likeness (QED) is 0.371. The molecule has 4 atom stereocenters. The number of nitrogens with one attached hydrogen (secondary N) is 2. The van der Waals surface area contributed by atoms with Crippen LogP contribution in [-0.2, 0) is 14.3 Å². The minimum absolute atomic E-state index is 0.0192. The van der Waals surface area contributed by atoms with Gasteiger partial charge in [-0.05, 0) is 77.8 Å². The molecule has 1 aromatic rings. The van der Waals surface area contributed by atoms with Crippen molar-refractivity contribution in [2.45, 2.75) is 125 Å². The number of carbonyl (C=O) groups is 3. The van der Waals surface area contributed by atoms with Gasteiger partial charge in [0.05, 0.1) is 0 Å². The molecule has 7 heteroatoms. The third kappa shape index (κ3) is 9.82. The molecule has 2 N–H and O–H groups in total. The number of alkyl carbamates (subject to hydrolysis) is 1. The first-order valence-corrected chi connectivity index (χ1v) is 13.4. The Morgan fingerprint density at radius 2 is 1.61 bits per heavy atom. The van der Waals surface area contributed by atoms with Gasteiger partial charge in [0.15, 0.2) is 0 Å². The van der Waals surface area contributed by atoms with E-state index in [1.54, 1.807) is 25.7 Å². The van der Waals surface area contributed by atoms with Crippen LogP contribution in [0.25, 0.3) is 0 Å². The Morgan fingerprint density at radius 1 is 1.00 bits per heavy atom. The Kier molecular flexibility index (Phi) is 12.4. The van der Waals surface area contributed by atoms with E-state index in [1.807, 2.05) is 65.8 Å². The van der Waals surface area contributed by atoms with Crippen molar-refractivity contribution >= 4 is 17.9 Å². The molecule has 0 heterocycles. The fourth-order valence-electron chi connectivity index (χ4n) is 4.26. The summed E-state index contributed by atoms with van der Waals surface area (Å²) in [7, 11) is 0. The van der Waals surface area contributed by atoms with Crippen molar-refractivity contribution in [1.82, 2.24) is 15.5 Å². The zero-order chi connectivity index (χ0) is 27.6. The highest BCUT2D eigenvalue weighted by Gasteiger charge is 2.39. The number of carbonyl (C=O) groups excluding carboxylic acids is 3. The number of hydrogen-bond donors (Lipinski definition) is 2. The fraction of sp³-hybridized carbons (Fsp3) is 0.690. The van der Waals surface area contributed by atoms with Crippen LogP contribution in [0.1, 0.15) is 105 Å². The smallest absolute Gasteiger partial charge is 0.408 e. The van der Waals surface area contributed by atoms with Crippen LogP contribution in [0.2, 0.25) is 0 Å². The van der Waals surface area contributed by atoms with Gasteiger partial charge in [0, 0.05) is 12.1 Å². The van der Waals surface area contributed by atoms with Crippen LogP contribution in [0.5, 0.6) is 0 Å². The lowest BCUT2D eigenvalue weighted by Crippen LogP contribution is -2.56. The number of hydrogen-bond acceptors (Lipinski definition) is 4. The Balaban J connectivity index is 3.55. The van der Waals surface area contributed by atoms with Crippen LogP contribution in [-0.4, -0.2) is 46.5 Å². The molecule has 0 bridgehead atoms. The van der Waals surface area contributed by atoms with Crippen LogP contribution in [0.15, 0.2) is 24.3 Å². The average Bonchev–Trinajstić information content (AvgIpc) is 2.75. The predicted octanol–water partition coefficient (Wildman–Crippen LogP) is 5.91. The van der Waals surface area contributed by atoms with Crippen molar-refractivity contribution in [3.8, 4) is 0 Å². The topological polar surface area (TPSA) is 87.7 Å². The fourth-order valence-corrected chi connectivity index (χ4v) is 4.26. The molecule has 0 fully saturated rings. The van der Waals surface area contributed by atoms with Gasteiger partial charge < -0.3 is 20.3 Å². The van der Waals surface area contributed by atoms with Crippen molar-refractivity contribution < 1.29 is 19.1 Å². The molecule has 0 aliphatic heterocycles. The van der Waals surface area contributed by atoms with E-state index < -0.39 is 23.8 Å². The van der Waals surface area contributed by atoms with E-state index in [0.717, 1.165) is 24.0 Å². The van der Waals surface area contributed by atoms with Crippen molar-refractivity contribution in [2.24, 2.45) is 5.92 Å². The molecular weight excluding hydrogens is 454 g/mol. The molecule has 4 unspecified atom stereocenters. The summed E-state index contributed by atoms with van der Waals surface area (Å²) in [6, 6.07) is 5.79. The molecule has 0 spiro atoms. The lowest BCUT2D eigenvalue weighted by atomic mass is 9.94. The Labute approximate surface area is 218 Å². The minimum Gasteiger partial charge on any atom is -0.444 e. The molecule has 0 radical (unpaired) electrons. The van der Waals surface area contributed by atoms with E-state index in [0.29, 0.717) is 12.8 Å². The monoisotopic (exact) mass is 503 g/mol. The number of ether oxygens (including phenoxy) is 1. The summed E-state index contributed by atoms with van der Waals surface area (Å²) >= 11 is 0. The van der Waals surface area contributed by atoms with Gasteiger partial charge in [-0.1, -0.05) is 58.4 Å². The average molecular weight is 504 g/mol. The summed E-state index contributed by atoms with van der Waals surface area (Å²) in [4.78, 5) is 42.3. The van der Waals surface area contributed by atoms with Crippen LogP contribution in [0.3, 0.4) is 0 Å². The molecule has 0 saturated carbocycles. The normalized spacial score (nSPS) is 15.0. The maximum atomic E-state index is 14.2. The number of aryl methyl sites for hydroxylation is 1. The molecule has 1 rings (SSSR count). The first-order chi connectivity index (χ1) is 16.7. The van der Waals surface area contributed by atoms with E-state index in [-0.39, 0.29) is 29.8 Å². The number of nitrogens with zero attached hydrogens (tertiary/aromatic N) is 1. The molecule has 204 valence electrons. The largest absolute Gasteiger partial charge is 0.444 e. The Hall–Kier alpha value is -2.57. The molecule has 0 aliphatic rings. The van der Waals surface area contributed by atoms with Crippen molar-refractivity contribution in [2.75, 3.05) is 0 Å². The first kappa shape index (κ1) is 31.5. The summed E-state index contributed by atoms with van der Waals surface area (Å²) < 4.78 is 5.46.